The first-order chi connectivity index (χ1) is 11.5. The Balaban J connectivity index is 2.27. The summed E-state index contributed by atoms with van der Waals surface area (Å²) in [6.45, 7) is 0. The third-order valence-electron chi connectivity index (χ3n) is 3.38. The fourth-order valence-electron chi connectivity index (χ4n) is 2.03. The molecule has 136 valence electrons. The minimum absolute atomic E-state index is 0.233. The highest BCUT2D eigenvalue weighted by atomic mass is 35.5. The molecule has 0 fully saturated rings. The molecule has 1 N–H and O–H groups in total. The van der Waals surface area contributed by atoms with E-state index in [1.807, 2.05) is 0 Å². The summed E-state index contributed by atoms with van der Waals surface area (Å²) in [6, 6.07) is 10.8. The fraction of sp³-hybridized carbons (Fsp3) is 0.200. The van der Waals surface area contributed by atoms with Gasteiger partial charge in [-0.25, -0.2) is 16.8 Å². The first kappa shape index (κ1) is 19.8. The highest BCUT2D eigenvalue weighted by Gasteiger charge is 2.18. The molecule has 0 bridgehead atoms. The van der Waals surface area contributed by atoms with Gasteiger partial charge >= 0.3 is 0 Å². The van der Waals surface area contributed by atoms with Crippen molar-refractivity contribution in [1.82, 2.24) is 0 Å². The molecule has 6 nitrogen and oxygen atoms in total. The standard InChI is InChI=1S/C15H16Cl2N2O4S2/c1-19(24(2,20)21)12-6-3-5-11(9-12)18-25(22,23)10-13-14(16)7-4-8-15(13)17/h3-9,18H,10H2,1-2H3. The van der Waals surface area contributed by atoms with Crippen LogP contribution >= 0.6 is 23.2 Å². The van der Waals surface area contributed by atoms with Crippen LogP contribution in [0.1, 0.15) is 5.56 Å². The van der Waals surface area contributed by atoms with Crippen molar-refractivity contribution in [1.29, 1.82) is 0 Å². The average molecular weight is 423 g/mol. The van der Waals surface area contributed by atoms with E-state index in [0.717, 1.165) is 10.6 Å². The van der Waals surface area contributed by atoms with Gasteiger partial charge in [-0.05, 0) is 30.3 Å². The van der Waals surface area contributed by atoms with Crippen LogP contribution in [0, 0.1) is 0 Å². The quantitative estimate of drug-likeness (QED) is 0.773. The van der Waals surface area contributed by atoms with Crippen LogP contribution in [0.3, 0.4) is 0 Å². The predicted molar refractivity (Wildman–Crippen MR) is 102 cm³/mol. The Labute approximate surface area is 157 Å². The maximum absolute atomic E-state index is 12.4. The Morgan fingerprint density at radius 2 is 1.56 bits per heavy atom. The largest absolute Gasteiger partial charge is 0.283 e. The first-order valence-corrected chi connectivity index (χ1v) is 11.2. The Kier molecular flexibility index (Phi) is 5.88. The summed E-state index contributed by atoms with van der Waals surface area (Å²) in [5.41, 5.74) is 0.859. The van der Waals surface area contributed by atoms with Crippen LogP contribution in [0.2, 0.25) is 10.0 Å². The number of rotatable bonds is 6. The van der Waals surface area contributed by atoms with Gasteiger partial charge in [-0.2, -0.15) is 0 Å². The minimum Gasteiger partial charge on any atom is -0.283 e. The molecule has 0 aliphatic carbocycles. The SMILES string of the molecule is CN(c1cccc(NS(=O)(=O)Cc2c(Cl)cccc2Cl)c1)S(C)(=O)=O. The maximum atomic E-state index is 12.4. The molecule has 0 aliphatic rings. The number of nitrogens with one attached hydrogen (secondary N) is 1. The zero-order chi connectivity index (χ0) is 18.8. The summed E-state index contributed by atoms with van der Waals surface area (Å²) in [5.74, 6) is -0.405. The fourth-order valence-corrected chi connectivity index (χ4v) is 4.47. The molecule has 0 spiro atoms. The third-order valence-corrected chi connectivity index (χ3v) is 6.51. The minimum atomic E-state index is -3.80. The van der Waals surface area contributed by atoms with Crippen LogP contribution in [0.15, 0.2) is 42.5 Å². The number of halogens is 2. The van der Waals surface area contributed by atoms with Crippen molar-refractivity contribution in [2.75, 3.05) is 22.3 Å². The van der Waals surface area contributed by atoms with E-state index >= 15 is 0 Å². The van der Waals surface area contributed by atoms with Gasteiger partial charge in [0, 0.05) is 22.7 Å². The number of anilines is 2. The van der Waals surface area contributed by atoms with Crippen molar-refractivity contribution >= 4 is 54.6 Å². The summed E-state index contributed by atoms with van der Waals surface area (Å²) < 4.78 is 51.4. The molecule has 0 radical (unpaired) electrons. The summed E-state index contributed by atoms with van der Waals surface area (Å²) in [4.78, 5) is 0. The molecule has 0 atom stereocenters. The van der Waals surface area contributed by atoms with E-state index in [2.05, 4.69) is 4.72 Å². The second-order valence-corrected chi connectivity index (χ2v) is 9.89. The molecule has 0 saturated heterocycles. The number of benzene rings is 2. The predicted octanol–water partition coefficient (Wildman–Crippen LogP) is 3.33. The first-order valence-electron chi connectivity index (χ1n) is 6.97. The van der Waals surface area contributed by atoms with Crippen LogP contribution < -0.4 is 9.03 Å². The summed E-state index contributed by atoms with van der Waals surface area (Å²) in [5, 5.41) is 0.506. The summed E-state index contributed by atoms with van der Waals surface area (Å²) >= 11 is 12.0. The van der Waals surface area contributed by atoms with Crippen LogP contribution in [0.5, 0.6) is 0 Å². The van der Waals surface area contributed by atoms with Crippen molar-refractivity contribution in [3.05, 3.63) is 58.1 Å². The lowest BCUT2D eigenvalue weighted by Gasteiger charge is -2.18. The van der Waals surface area contributed by atoms with Crippen molar-refractivity contribution in [2.45, 2.75) is 5.75 Å². The molecule has 2 aromatic rings. The molecule has 0 unspecified atom stereocenters. The molecular formula is C15H16Cl2N2O4S2. The highest BCUT2D eigenvalue weighted by Crippen LogP contribution is 2.27. The second-order valence-electron chi connectivity index (χ2n) is 5.34. The lowest BCUT2D eigenvalue weighted by atomic mass is 10.2. The van der Waals surface area contributed by atoms with E-state index in [1.165, 1.54) is 19.2 Å². The lowest BCUT2D eigenvalue weighted by Crippen LogP contribution is -2.25. The van der Waals surface area contributed by atoms with E-state index < -0.39 is 25.8 Å². The topological polar surface area (TPSA) is 83.6 Å². The molecular weight excluding hydrogens is 407 g/mol. The monoisotopic (exact) mass is 422 g/mol. The molecule has 0 heterocycles. The molecule has 10 heteroatoms. The Bertz CT molecular complexity index is 972. The van der Waals surface area contributed by atoms with Crippen molar-refractivity contribution in [3.63, 3.8) is 0 Å². The second kappa shape index (κ2) is 7.41. The molecule has 2 rings (SSSR count). The number of nitrogens with zero attached hydrogens (tertiary/aromatic N) is 1. The summed E-state index contributed by atoms with van der Waals surface area (Å²) in [6.07, 6.45) is 1.06. The molecule has 0 aromatic heterocycles. The van der Waals surface area contributed by atoms with Gasteiger partial charge in [-0.15, -0.1) is 0 Å². The van der Waals surface area contributed by atoms with Crippen LogP contribution in [-0.2, 0) is 25.8 Å². The highest BCUT2D eigenvalue weighted by molar-refractivity contribution is 7.92. The van der Waals surface area contributed by atoms with Crippen molar-refractivity contribution in [2.24, 2.45) is 0 Å². The Morgan fingerprint density at radius 1 is 1.00 bits per heavy atom. The molecule has 0 aliphatic heterocycles. The Morgan fingerprint density at radius 3 is 2.12 bits per heavy atom. The zero-order valence-electron chi connectivity index (χ0n) is 13.4. The van der Waals surface area contributed by atoms with Gasteiger partial charge in [-0.3, -0.25) is 9.03 Å². The zero-order valence-corrected chi connectivity index (χ0v) is 16.5. The molecule has 0 amide bonds. The number of hydrogen-bond acceptors (Lipinski definition) is 4. The number of hydrogen-bond donors (Lipinski definition) is 1. The van der Waals surface area contributed by atoms with Crippen LogP contribution in [-0.4, -0.2) is 30.1 Å². The van der Waals surface area contributed by atoms with E-state index in [1.54, 1.807) is 30.3 Å². The van der Waals surface area contributed by atoms with E-state index in [4.69, 9.17) is 23.2 Å². The van der Waals surface area contributed by atoms with Gasteiger partial charge in [0.25, 0.3) is 0 Å². The Hall–Kier alpha value is -1.48. The van der Waals surface area contributed by atoms with Crippen molar-refractivity contribution < 1.29 is 16.8 Å². The lowest BCUT2D eigenvalue weighted by molar-refractivity contribution is 0.599. The van der Waals surface area contributed by atoms with Gasteiger partial charge < -0.3 is 0 Å². The number of sulfonamides is 2. The smallest absolute Gasteiger partial charge is 0.237 e. The van der Waals surface area contributed by atoms with Crippen LogP contribution in [0.4, 0.5) is 11.4 Å². The van der Waals surface area contributed by atoms with Gasteiger partial charge in [0.1, 0.15) is 0 Å². The van der Waals surface area contributed by atoms with E-state index in [-0.39, 0.29) is 15.7 Å². The maximum Gasteiger partial charge on any atom is 0.237 e. The van der Waals surface area contributed by atoms with Gasteiger partial charge in [0.2, 0.25) is 20.0 Å². The van der Waals surface area contributed by atoms with Gasteiger partial charge in [0.15, 0.2) is 0 Å². The summed E-state index contributed by atoms with van der Waals surface area (Å²) in [7, 11) is -5.87. The average Bonchev–Trinajstić information content (AvgIpc) is 2.49. The van der Waals surface area contributed by atoms with Crippen molar-refractivity contribution in [3.8, 4) is 0 Å². The molecule has 25 heavy (non-hydrogen) atoms. The van der Waals surface area contributed by atoms with E-state index in [0.29, 0.717) is 11.3 Å². The molecule has 0 saturated carbocycles. The van der Waals surface area contributed by atoms with Gasteiger partial charge in [0.05, 0.1) is 23.4 Å². The third kappa shape index (κ3) is 5.24. The molecule has 2 aromatic carbocycles. The van der Waals surface area contributed by atoms with Crippen LogP contribution in [0.25, 0.3) is 0 Å². The van der Waals surface area contributed by atoms with Gasteiger partial charge in [-0.1, -0.05) is 35.3 Å². The normalized spacial score (nSPS) is 12.0. The van der Waals surface area contributed by atoms with E-state index in [9.17, 15) is 16.8 Å².